The molecule has 3 rings (SSSR count). The van der Waals surface area contributed by atoms with Gasteiger partial charge in [0.15, 0.2) is 0 Å². The third kappa shape index (κ3) is 6.30. The van der Waals surface area contributed by atoms with Crippen molar-refractivity contribution in [1.82, 2.24) is 0 Å². The summed E-state index contributed by atoms with van der Waals surface area (Å²) in [7, 11) is 1.77. The summed E-state index contributed by atoms with van der Waals surface area (Å²) in [5.41, 5.74) is 2.73. The number of unbranched alkanes of at least 4 members (excludes halogenated alkanes) is 2. The summed E-state index contributed by atoms with van der Waals surface area (Å²) in [5.74, 6) is 2.06. The Morgan fingerprint density at radius 3 is 2.34 bits per heavy atom. The molecule has 1 aliphatic carbocycles. The Morgan fingerprint density at radius 2 is 1.69 bits per heavy atom. The smallest absolute Gasteiger partial charge is 0.131 e. The van der Waals surface area contributed by atoms with Crippen molar-refractivity contribution >= 4 is 0 Å². The van der Waals surface area contributed by atoms with Gasteiger partial charge in [-0.05, 0) is 80.2 Å². The van der Waals surface area contributed by atoms with Crippen molar-refractivity contribution in [2.24, 2.45) is 5.92 Å². The summed E-state index contributed by atoms with van der Waals surface area (Å²) in [4.78, 5) is 0. The monoisotopic (exact) mass is 398 g/mol. The van der Waals surface area contributed by atoms with E-state index in [-0.39, 0.29) is 5.82 Å². The van der Waals surface area contributed by atoms with Crippen LogP contribution in [0.25, 0.3) is 11.1 Å². The highest BCUT2D eigenvalue weighted by Gasteiger charge is 2.23. The number of hydrogen-bond acceptors (Lipinski definition) is 2. The van der Waals surface area contributed by atoms with E-state index in [9.17, 15) is 4.39 Å². The van der Waals surface area contributed by atoms with Crippen LogP contribution in [-0.2, 0) is 4.74 Å². The van der Waals surface area contributed by atoms with Crippen molar-refractivity contribution in [3.63, 3.8) is 0 Å². The van der Waals surface area contributed by atoms with Crippen LogP contribution in [0.3, 0.4) is 0 Å². The van der Waals surface area contributed by atoms with Crippen LogP contribution < -0.4 is 4.74 Å². The Hall–Kier alpha value is -1.87. The van der Waals surface area contributed by atoms with E-state index in [2.05, 4.69) is 6.07 Å². The van der Waals surface area contributed by atoms with E-state index in [1.54, 1.807) is 13.2 Å². The van der Waals surface area contributed by atoms with Crippen LogP contribution in [0.1, 0.15) is 69.8 Å². The second-order valence-corrected chi connectivity index (χ2v) is 8.26. The number of methoxy groups -OCH3 is 1. The van der Waals surface area contributed by atoms with Gasteiger partial charge in [-0.1, -0.05) is 43.5 Å². The molecule has 0 heterocycles. The molecule has 1 fully saturated rings. The minimum Gasteiger partial charge on any atom is -0.494 e. The molecule has 0 radical (unpaired) electrons. The van der Waals surface area contributed by atoms with Gasteiger partial charge in [0.05, 0.1) is 6.61 Å². The quantitative estimate of drug-likeness (QED) is 0.389. The predicted molar refractivity (Wildman–Crippen MR) is 118 cm³/mol. The molecule has 0 spiro atoms. The molecule has 158 valence electrons. The molecule has 1 saturated carbocycles. The van der Waals surface area contributed by atoms with Crippen molar-refractivity contribution in [3.05, 3.63) is 53.8 Å². The van der Waals surface area contributed by atoms with Gasteiger partial charge in [0, 0.05) is 19.3 Å². The first-order valence-corrected chi connectivity index (χ1v) is 11.2. The van der Waals surface area contributed by atoms with Crippen LogP contribution in [-0.4, -0.2) is 20.3 Å². The molecule has 2 aromatic carbocycles. The third-order valence-corrected chi connectivity index (χ3v) is 6.25. The Balaban J connectivity index is 1.53. The van der Waals surface area contributed by atoms with Gasteiger partial charge in [-0.3, -0.25) is 0 Å². The summed E-state index contributed by atoms with van der Waals surface area (Å²) in [5, 5.41) is 0. The van der Waals surface area contributed by atoms with Crippen molar-refractivity contribution in [2.45, 2.75) is 64.2 Å². The van der Waals surface area contributed by atoms with Crippen LogP contribution in [0.4, 0.5) is 4.39 Å². The molecule has 0 aliphatic heterocycles. The number of benzene rings is 2. The maximum atomic E-state index is 14.8. The molecule has 0 atom stereocenters. The zero-order valence-corrected chi connectivity index (χ0v) is 18.0. The molecule has 0 saturated heterocycles. The minimum atomic E-state index is -0.119. The molecule has 0 bridgehead atoms. The number of hydrogen-bond donors (Lipinski definition) is 0. The van der Waals surface area contributed by atoms with Crippen molar-refractivity contribution in [3.8, 4) is 16.9 Å². The SMILES string of the molecule is CCOc1ccc(-c2ccc(C3CCC(CCCCCOC)CC3)cc2F)cc1. The topological polar surface area (TPSA) is 18.5 Å². The molecule has 2 aromatic rings. The van der Waals surface area contributed by atoms with Crippen LogP contribution >= 0.6 is 0 Å². The molecule has 0 unspecified atom stereocenters. The zero-order valence-electron chi connectivity index (χ0n) is 18.0. The van der Waals surface area contributed by atoms with E-state index in [0.717, 1.165) is 29.4 Å². The van der Waals surface area contributed by atoms with Crippen LogP contribution in [0.15, 0.2) is 42.5 Å². The molecule has 0 N–H and O–H groups in total. The lowest BCUT2D eigenvalue weighted by Crippen LogP contribution is -2.13. The molecule has 29 heavy (non-hydrogen) atoms. The molecule has 2 nitrogen and oxygen atoms in total. The van der Waals surface area contributed by atoms with E-state index in [1.165, 1.54) is 51.4 Å². The maximum Gasteiger partial charge on any atom is 0.131 e. The van der Waals surface area contributed by atoms with Gasteiger partial charge in [0.25, 0.3) is 0 Å². The number of ether oxygens (including phenoxy) is 2. The van der Waals surface area contributed by atoms with Crippen molar-refractivity contribution < 1.29 is 13.9 Å². The van der Waals surface area contributed by atoms with E-state index < -0.39 is 0 Å². The Bertz CT molecular complexity index is 733. The lowest BCUT2D eigenvalue weighted by molar-refractivity contribution is 0.190. The fourth-order valence-electron chi connectivity index (χ4n) is 4.56. The standard InChI is InChI=1S/C26H35FO2/c1-3-29-24-15-12-22(13-16-24)25-17-14-23(19-26(25)27)21-10-8-20(9-11-21)7-5-4-6-18-28-2/h12-17,19-21H,3-11,18H2,1-2H3. The molecule has 0 amide bonds. The van der Waals surface area contributed by atoms with E-state index in [4.69, 9.17) is 9.47 Å². The van der Waals surface area contributed by atoms with Crippen molar-refractivity contribution in [1.29, 1.82) is 0 Å². The third-order valence-electron chi connectivity index (χ3n) is 6.25. The number of rotatable bonds is 10. The summed E-state index contributed by atoms with van der Waals surface area (Å²) < 4.78 is 25.4. The van der Waals surface area contributed by atoms with E-state index >= 15 is 0 Å². The first-order valence-electron chi connectivity index (χ1n) is 11.2. The molecular weight excluding hydrogens is 363 g/mol. The summed E-state index contributed by atoms with van der Waals surface area (Å²) in [6.07, 6.45) is 10.0. The Labute approximate surface area is 175 Å². The lowest BCUT2D eigenvalue weighted by Gasteiger charge is -2.29. The fourth-order valence-corrected chi connectivity index (χ4v) is 4.56. The lowest BCUT2D eigenvalue weighted by atomic mass is 9.77. The summed E-state index contributed by atoms with van der Waals surface area (Å²) in [6, 6.07) is 13.5. The average Bonchev–Trinajstić information content (AvgIpc) is 2.75. The first-order chi connectivity index (χ1) is 14.2. The normalized spacial score (nSPS) is 19.3. The second kappa shape index (κ2) is 11.3. The molecule has 0 aromatic heterocycles. The highest BCUT2D eigenvalue weighted by atomic mass is 19.1. The molecule has 1 aliphatic rings. The van der Waals surface area contributed by atoms with Gasteiger partial charge >= 0.3 is 0 Å². The maximum absolute atomic E-state index is 14.8. The summed E-state index contributed by atoms with van der Waals surface area (Å²) >= 11 is 0. The van der Waals surface area contributed by atoms with Crippen LogP contribution in [0.5, 0.6) is 5.75 Å². The van der Waals surface area contributed by atoms with Crippen LogP contribution in [0, 0.1) is 11.7 Å². The Morgan fingerprint density at radius 1 is 0.931 bits per heavy atom. The second-order valence-electron chi connectivity index (χ2n) is 8.26. The van der Waals surface area contributed by atoms with Gasteiger partial charge in [0.2, 0.25) is 0 Å². The zero-order chi connectivity index (χ0) is 20.5. The first kappa shape index (κ1) is 21.8. The number of halogens is 1. The minimum absolute atomic E-state index is 0.119. The van der Waals surface area contributed by atoms with E-state index in [0.29, 0.717) is 18.1 Å². The average molecular weight is 399 g/mol. The predicted octanol–water partition coefficient (Wildman–Crippen LogP) is 7.37. The van der Waals surface area contributed by atoms with Crippen molar-refractivity contribution in [2.75, 3.05) is 20.3 Å². The fraction of sp³-hybridized carbons (Fsp3) is 0.538. The van der Waals surface area contributed by atoms with Gasteiger partial charge < -0.3 is 9.47 Å². The highest BCUT2D eigenvalue weighted by Crippen LogP contribution is 2.39. The largest absolute Gasteiger partial charge is 0.494 e. The van der Waals surface area contributed by atoms with Gasteiger partial charge in [-0.2, -0.15) is 0 Å². The van der Waals surface area contributed by atoms with Crippen LogP contribution in [0.2, 0.25) is 0 Å². The van der Waals surface area contributed by atoms with Gasteiger partial charge in [-0.25, -0.2) is 4.39 Å². The van der Waals surface area contributed by atoms with E-state index in [1.807, 2.05) is 37.3 Å². The Kier molecular flexibility index (Phi) is 8.54. The highest BCUT2D eigenvalue weighted by molar-refractivity contribution is 5.65. The van der Waals surface area contributed by atoms with Gasteiger partial charge in [-0.15, -0.1) is 0 Å². The summed E-state index contributed by atoms with van der Waals surface area (Å²) in [6.45, 7) is 3.48. The van der Waals surface area contributed by atoms with Gasteiger partial charge in [0.1, 0.15) is 11.6 Å². The molecular formula is C26H35FO2. The molecule has 3 heteroatoms.